The van der Waals surface area contributed by atoms with Gasteiger partial charge in [-0.2, -0.15) is 0 Å². The number of amides is 2. The molecule has 0 aliphatic rings. The molecule has 3 aromatic rings. The van der Waals surface area contributed by atoms with Crippen molar-refractivity contribution in [3.05, 3.63) is 76.8 Å². The molecule has 0 fully saturated rings. The lowest BCUT2D eigenvalue weighted by atomic mass is 10.0. The number of benzene rings is 3. The number of hydrogen-bond donors (Lipinski definition) is 4. The van der Waals surface area contributed by atoms with Crippen molar-refractivity contribution in [2.75, 3.05) is 11.9 Å². The molecule has 32 heavy (non-hydrogen) atoms. The molecule has 0 aliphatic heterocycles. The number of halogens is 1. The average molecular weight is 497 g/mol. The summed E-state index contributed by atoms with van der Waals surface area (Å²) in [5, 5.41) is 7.89. The summed E-state index contributed by atoms with van der Waals surface area (Å²) in [5.41, 5.74) is 13.6. The van der Waals surface area contributed by atoms with Crippen molar-refractivity contribution in [3.8, 4) is 0 Å². The number of rotatable bonds is 10. The molecule has 2 atom stereocenters. The van der Waals surface area contributed by atoms with Crippen LogP contribution in [0.3, 0.4) is 0 Å². The number of nitrogens with two attached hydrogens (primary N) is 2. The lowest BCUT2D eigenvalue weighted by Crippen LogP contribution is -2.45. The van der Waals surface area contributed by atoms with Crippen LogP contribution in [0.4, 0.5) is 5.69 Å². The van der Waals surface area contributed by atoms with Gasteiger partial charge in [-0.15, -0.1) is 0 Å². The molecule has 3 rings (SSSR count). The lowest BCUT2D eigenvalue weighted by Gasteiger charge is -2.20. The van der Waals surface area contributed by atoms with Crippen LogP contribution in [0.15, 0.2) is 71.2 Å². The van der Waals surface area contributed by atoms with E-state index in [1.54, 1.807) is 0 Å². The molecular weight excluding hydrogens is 468 g/mol. The molecule has 0 radical (unpaired) electrons. The largest absolute Gasteiger partial charge is 0.344 e. The van der Waals surface area contributed by atoms with E-state index < -0.39 is 6.04 Å². The Morgan fingerprint density at radius 2 is 1.69 bits per heavy atom. The Bertz CT molecular complexity index is 1060. The molecule has 2 amide bonds. The normalized spacial score (nSPS) is 12.8. The molecule has 3 aromatic carbocycles. The highest BCUT2D eigenvalue weighted by Crippen LogP contribution is 2.19. The zero-order chi connectivity index (χ0) is 22.9. The van der Waals surface area contributed by atoms with Gasteiger partial charge in [-0.05, 0) is 66.4 Å². The van der Waals surface area contributed by atoms with Crippen molar-refractivity contribution >= 4 is 44.2 Å². The fourth-order valence-electron chi connectivity index (χ4n) is 3.57. The van der Waals surface area contributed by atoms with Gasteiger partial charge in [0.2, 0.25) is 11.8 Å². The molecule has 6 nitrogen and oxygen atoms in total. The fourth-order valence-corrected chi connectivity index (χ4v) is 3.84. The van der Waals surface area contributed by atoms with Crippen molar-refractivity contribution < 1.29 is 9.59 Å². The Labute approximate surface area is 196 Å². The number of fused-ring (bicyclic) bond motifs is 1. The minimum absolute atomic E-state index is 0.137. The van der Waals surface area contributed by atoms with Crippen molar-refractivity contribution in [2.24, 2.45) is 11.5 Å². The highest BCUT2D eigenvalue weighted by molar-refractivity contribution is 9.10. The Balaban J connectivity index is 1.59. The van der Waals surface area contributed by atoms with Crippen LogP contribution in [0.1, 0.15) is 24.8 Å². The van der Waals surface area contributed by atoms with Gasteiger partial charge in [0.1, 0.15) is 6.04 Å². The Morgan fingerprint density at radius 1 is 0.969 bits per heavy atom. The van der Waals surface area contributed by atoms with Crippen molar-refractivity contribution in [1.82, 2.24) is 5.32 Å². The van der Waals surface area contributed by atoms with E-state index in [0.717, 1.165) is 20.8 Å². The van der Waals surface area contributed by atoms with Gasteiger partial charge in [-0.1, -0.05) is 58.4 Å². The SMILES string of the molecule is NCCC[C@H](NC(=O)C[C@@H](N)Cc1ccc(Br)cc1)C(=O)Nc1ccc2ccccc2c1. The summed E-state index contributed by atoms with van der Waals surface area (Å²) in [6.45, 7) is 0.443. The van der Waals surface area contributed by atoms with Crippen LogP contribution < -0.4 is 22.1 Å². The molecule has 7 heteroatoms. The maximum atomic E-state index is 12.9. The summed E-state index contributed by atoms with van der Waals surface area (Å²) in [7, 11) is 0. The number of nitrogens with one attached hydrogen (secondary N) is 2. The second kappa shape index (κ2) is 11.8. The molecule has 0 bridgehead atoms. The monoisotopic (exact) mass is 496 g/mol. The predicted octanol–water partition coefficient (Wildman–Crippen LogP) is 3.72. The second-order valence-electron chi connectivity index (χ2n) is 7.90. The molecule has 0 aliphatic carbocycles. The zero-order valence-electron chi connectivity index (χ0n) is 17.9. The molecule has 168 valence electrons. The van der Waals surface area contributed by atoms with E-state index in [4.69, 9.17) is 11.5 Å². The van der Waals surface area contributed by atoms with Crippen LogP contribution in [0.5, 0.6) is 0 Å². The van der Waals surface area contributed by atoms with E-state index >= 15 is 0 Å². The maximum Gasteiger partial charge on any atom is 0.246 e. The molecule has 6 N–H and O–H groups in total. The Kier molecular flexibility index (Phi) is 8.79. The van der Waals surface area contributed by atoms with Crippen molar-refractivity contribution in [3.63, 3.8) is 0 Å². The zero-order valence-corrected chi connectivity index (χ0v) is 19.5. The quantitative estimate of drug-likeness (QED) is 0.342. The van der Waals surface area contributed by atoms with Gasteiger partial charge in [0.25, 0.3) is 0 Å². The Morgan fingerprint density at radius 3 is 2.41 bits per heavy atom. The van der Waals surface area contributed by atoms with E-state index in [9.17, 15) is 9.59 Å². The van der Waals surface area contributed by atoms with E-state index in [0.29, 0.717) is 31.5 Å². The summed E-state index contributed by atoms with van der Waals surface area (Å²) in [4.78, 5) is 25.5. The Hall–Kier alpha value is -2.74. The summed E-state index contributed by atoms with van der Waals surface area (Å²) >= 11 is 3.41. The summed E-state index contributed by atoms with van der Waals surface area (Å²) in [6.07, 6.45) is 1.81. The summed E-state index contributed by atoms with van der Waals surface area (Å²) in [5.74, 6) is -0.506. The minimum Gasteiger partial charge on any atom is -0.344 e. The van der Waals surface area contributed by atoms with Crippen molar-refractivity contribution in [1.29, 1.82) is 0 Å². The van der Waals surface area contributed by atoms with E-state index in [1.165, 1.54) is 0 Å². The molecule has 0 aromatic heterocycles. The first-order valence-corrected chi connectivity index (χ1v) is 11.5. The van der Waals surface area contributed by atoms with Gasteiger partial charge in [0, 0.05) is 22.6 Å². The first kappa shape index (κ1) is 23.9. The number of hydrogen-bond acceptors (Lipinski definition) is 4. The first-order chi connectivity index (χ1) is 15.4. The number of carbonyl (C=O) groups excluding carboxylic acids is 2. The van der Waals surface area contributed by atoms with E-state index in [1.807, 2.05) is 66.7 Å². The van der Waals surface area contributed by atoms with Gasteiger partial charge in [0.15, 0.2) is 0 Å². The molecule has 0 saturated carbocycles. The van der Waals surface area contributed by atoms with E-state index in [-0.39, 0.29) is 24.3 Å². The van der Waals surface area contributed by atoms with E-state index in [2.05, 4.69) is 26.6 Å². The van der Waals surface area contributed by atoms with Crippen LogP contribution in [0, 0.1) is 0 Å². The number of carbonyl (C=O) groups is 2. The van der Waals surface area contributed by atoms with Gasteiger partial charge in [-0.3, -0.25) is 9.59 Å². The topological polar surface area (TPSA) is 110 Å². The third-order valence-electron chi connectivity index (χ3n) is 5.22. The van der Waals surface area contributed by atoms with Crippen LogP contribution in [0.25, 0.3) is 10.8 Å². The highest BCUT2D eigenvalue weighted by atomic mass is 79.9. The van der Waals surface area contributed by atoms with Crippen molar-refractivity contribution in [2.45, 2.75) is 37.8 Å². The van der Waals surface area contributed by atoms with Gasteiger partial charge >= 0.3 is 0 Å². The standard InChI is InChI=1S/C25H29BrN4O2/c26-20-10-7-17(8-11-20)14-21(28)16-24(31)30-23(6-3-13-27)25(32)29-22-12-9-18-4-1-2-5-19(18)15-22/h1-2,4-5,7-12,15,21,23H,3,6,13-14,16,27-28H2,(H,29,32)(H,30,31)/t21-,23-/m0/s1. The second-order valence-corrected chi connectivity index (χ2v) is 8.81. The third kappa shape index (κ3) is 7.15. The maximum absolute atomic E-state index is 12.9. The smallest absolute Gasteiger partial charge is 0.246 e. The summed E-state index contributed by atoms with van der Waals surface area (Å²) < 4.78 is 0.993. The molecule has 0 unspecified atom stereocenters. The first-order valence-electron chi connectivity index (χ1n) is 10.7. The van der Waals surface area contributed by atoms with Gasteiger partial charge in [-0.25, -0.2) is 0 Å². The van der Waals surface area contributed by atoms with Gasteiger partial charge in [0.05, 0.1) is 0 Å². The minimum atomic E-state index is -0.669. The highest BCUT2D eigenvalue weighted by Gasteiger charge is 2.22. The van der Waals surface area contributed by atoms with Crippen LogP contribution in [0.2, 0.25) is 0 Å². The predicted molar refractivity (Wildman–Crippen MR) is 133 cm³/mol. The molecular formula is C25H29BrN4O2. The van der Waals surface area contributed by atoms with Crippen LogP contribution in [-0.4, -0.2) is 30.4 Å². The molecule has 0 saturated heterocycles. The molecule has 0 spiro atoms. The number of anilines is 1. The fraction of sp³-hybridized carbons (Fsp3) is 0.280. The van der Waals surface area contributed by atoms with Crippen LogP contribution >= 0.6 is 15.9 Å². The lowest BCUT2D eigenvalue weighted by molar-refractivity contribution is -0.126. The molecule has 0 heterocycles. The van der Waals surface area contributed by atoms with Gasteiger partial charge < -0.3 is 22.1 Å². The third-order valence-corrected chi connectivity index (χ3v) is 5.75. The average Bonchev–Trinajstić information content (AvgIpc) is 2.78. The summed E-state index contributed by atoms with van der Waals surface area (Å²) in [6, 6.07) is 20.5. The van der Waals surface area contributed by atoms with Crippen LogP contribution in [-0.2, 0) is 16.0 Å².